The molecule has 2 unspecified atom stereocenters. The quantitative estimate of drug-likeness (QED) is 0.781. The Morgan fingerprint density at radius 2 is 2.29 bits per heavy atom. The van der Waals surface area contributed by atoms with Crippen molar-refractivity contribution < 1.29 is 0 Å². The van der Waals surface area contributed by atoms with Crippen LogP contribution in [0.3, 0.4) is 0 Å². The zero-order chi connectivity index (χ0) is 11.8. The van der Waals surface area contributed by atoms with Crippen molar-refractivity contribution in [2.75, 3.05) is 20.1 Å². The van der Waals surface area contributed by atoms with Crippen LogP contribution in [0.2, 0.25) is 0 Å². The van der Waals surface area contributed by atoms with Gasteiger partial charge in [0.1, 0.15) is 5.82 Å². The van der Waals surface area contributed by atoms with E-state index in [1.54, 1.807) is 0 Å². The Bertz CT molecular complexity index is 396. The van der Waals surface area contributed by atoms with E-state index in [1.807, 2.05) is 0 Å². The summed E-state index contributed by atoms with van der Waals surface area (Å²) >= 11 is 0. The number of imidazole rings is 1. The summed E-state index contributed by atoms with van der Waals surface area (Å²) < 4.78 is 2.41. The molecule has 0 bridgehead atoms. The average Bonchev–Trinajstić information content (AvgIpc) is 2.86. The number of aryl methyl sites for hydroxylation is 1. The highest BCUT2D eigenvalue weighted by Crippen LogP contribution is 2.26. The first kappa shape index (κ1) is 11.3. The predicted molar refractivity (Wildman–Crippen MR) is 69.2 cm³/mol. The lowest BCUT2D eigenvalue weighted by atomic mass is 10.0. The second kappa shape index (κ2) is 4.45. The second-order valence-electron chi connectivity index (χ2n) is 5.92. The lowest BCUT2D eigenvalue weighted by Crippen LogP contribution is -2.15. The molecule has 1 aromatic rings. The summed E-state index contributed by atoms with van der Waals surface area (Å²) in [5.74, 6) is 2.15. The zero-order valence-corrected chi connectivity index (χ0v) is 11.0. The van der Waals surface area contributed by atoms with Crippen LogP contribution >= 0.6 is 0 Å². The first-order valence-corrected chi connectivity index (χ1v) is 6.97. The van der Waals surface area contributed by atoms with Gasteiger partial charge in [-0.15, -0.1) is 0 Å². The molecule has 3 rings (SSSR count). The fraction of sp³-hybridized carbons (Fsp3) is 0.786. The van der Waals surface area contributed by atoms with E-state index in [0.717, 1.165) is 5.92 Å². The van der Waals surface area contributed by atoms with Crippen LogP contribution in [0.4, 0.5) is 0 Å². The third-order valence-corrected chi connectivity index (χ3v) is 4.34. The number of likely N-dealkylation sites (tertiary alicyclic amines) is 1. The van der Waals surface area contributed by atoms with Gasteiger partial charge in [-0.3, -0.25) is 0 Å². The highest BCUT2D eigenvalue weighted by Gasteiger charge is 2.23. The molecule has 2 atom stereocenters. The Hall–Kier alpha value is -0.830. The van der Waals surface area contributed by atoms with Crippen LogP contribution in [0.15, 0.2) is 6.20 Å². The van der Waals surface area contributed by atoms with Crippen LogP contribution in [0.25, 0.3) is 0 Å². The maximum absolute atomic E-state index is 4.83. The molecule has 2 aliphatic rings. The van der Waals surface area contributed by atoms with Gasteiger partial charge in [0, 0.05) is 25.2 Å². The number of hydrogen-bond donors (Lipinski definition) is 0. The van der Waals surface area contributed by atoms with Gasteiger partial charge >= 0.3 is 0 Å². The molecule has 0 aliphatic carbocycles. The molecule has 1 aromatic heterocycles. The number of rotatable bonds is 2. The van der Waals surface area contributed by atoms with E-state index >= 15 is 0 Å². The normalized spacial score (nSPS) is 29.5. The Morgan fingerprint density at radius 1 is 1.41 bits per heavy atom. The van der Waals surface area contributed by atoms with Gasteiger partial charge < -0.3 is 9.47 Å². The van der Waals surface area contributed by atoms with E-state index in [4.69, 9.17) is 4.98 Å². The number of hydrogen-bond acceptors (Lipinski definition) is 2. The van der Waals surface area contributed by atoms with Crippen LogP contribution in [0.5, 0.6) is 0 Å². The molecule has 3 heteroatoms. The molecule has 0 radical (unpaired) electrons. The average molecular weight is 233 g/mol. The standard InChI is InChI=1S/C14H23N3/c1-11-4-3-5-14-15-13(10-17(11)14)8-12-6-7-16(2)9-12/h10-12H,3-9H2,1-2H3. The van der Waals surface area contributed by atoms with Gasteiger partial charge in [0.15, 0.2) is 0 Å². The summed E-state index contributed by atoms with van der Waals surface area (Å²) in [6.07, 6.45) is 8.64. The zero-order valence-electron chi connectivity index (χ0n) is 11.0. The highest BCUT2D eigenvalue weighted by molar-refractivity contribution is 5.09. The van der Waals surface area contributed by atoms with Gasteiger partial charge in [-0.25, -0.2) is 4.98 Å². The van der Waals surface area contributed by atoms with Crippen molar-refractivity contribution in [3.8, 4) is 0 Å². The van der Waals surface area contributed by atoms with Crippen LogP contribution in [-0.4, -0.2) is 34.6 Å². The third kappa shape index (κ3) is 2.25. The van der Waals surface area contributed by atoms with Gasteiger partial charge in [0.05, 0.1) is 5.69 Å². The smallest absolute Gasteiger partial charge is 0.109 e. The van der Waals surface area contributed by atoms with E-state index in [0.29, 0.717) is 6.04 Å². The Kier molecular flexibility index (Phi) is 2.95. The van der Waals surface area contributed by atoms with Gasteiger partial charge in [0.25, 0.3) is 0 Å². The minimum absolute atomic E-state index is 0.659. The summed E-state index contributed by atoms with van der Waals surface area (Å²) in [7, 11) is 2.22. The van der Waals surface area contributed by atoms with Gasteiger partial charge in [-0.1, -0.05) is 0 Å². The molecular formula is C14H23N3. The summed E-state index contributed by atoms with van der Waals surface area (Å²) in [6.45, 7) is 4.82. The molecule has 1 fully saturated rings. The Balaban J connectivity index is 1.72. The molecule has 2 aliphatic heterocycles. The van der Waals surface area contributed by atoms with Gasteiger partial charge in [-0.05, 0) is 52.1 Å². The van der Waals surface area contributed by atoms with Crippen LogP contribution < -0.4 is 0 Å². The minimum atomic E-state index is 0.659. The molecule has 0 amide bonds. The maximum Gasteiger partial charge on any atom is 0.109 e. The molecule has 1 saturated heterocycles. The van der Waals surface area contributed by atoms with E-state index in [2.05, 4.69) is 29.6 Å². The SMILES string of the molecule is CC1CCCc2nc(CC3CCN(C)C3)cn21. The van der Waals surface area contributed by atoms with Crippen molar-refractivity contribution in [3.05, 3.63) is 17.7 Å². The fourth-order valence-corrected chi connectivity index (χ4v) is 3.34. The molecule has 0 spiro atoms. The van der Waals surface area contributed by atoms with Crippen molar-refractivity contribution >= 4 is 0 Å². The van der Waals surface area contributed by atoms with Crippen molar-refractivity contribution in [1.82, 2.24) is 14.5 Å². The Morgan fingerprint density at radius 3 is 3.00 bits per heavy atom. The van der Waals surface area contributed by atoms with E-state index in [1.165, 1.54) is 56.7 Å². The van der Waals surface area contributed by atoms with Crippen LogP contribution in [0, 0.1) is 5.92 Å². The molecule has 17 heavy (non-hydrogen) atoms. The predicted octanol–water partition coefficient (Wildman–Crippen LogP) is 2.27. The van der Waals surface area contributed by atoms with Gasteiger partial charge in [0.2, 0.25) is 0 Å². The summed E-state index contributed by atoms with van der Waals surface area (Å²) in [4.78, 5) is 7.27. The molecule has 0 N–H and O–H groups in total. The van der Waals surface area contributed by atoms with Gasteiger partial charge in [-0.2, -0.15) is 0 Å². The Labute approximate surface area is 104 Å². The van der Waals surface area contributed by atoms with Crippen LogP contribution in [0.1, 0.15) is 43.7 Å². The van der Waals surface area contributed by atoms with E-state index in [-0.39, 0.29) is 0 Å². The third-order valence-electron chi connectivity index (χ3n) is 4.34. The molecule has 3 heterocycles. The molecular weight excluding hydrogens is 210 g/mol. The topological polar surface area (TPSA) is 21.1 Å². The second-order valence-corrected chi connectivity index (χ2v) is 5.92. The first-order valence-electron chi connectivity index (χ1n) is 6.97. The molecule has 0 saturated carbocycles. The molecule has 3 nitrogen and oxygen atoms in total. The van der Waals surface area contributed by atoms with Crippen molar-refractivity contribution in [3.63, 3.8) is 0 Å². The number of aromatic nitrogens is 2. The summed E-state index contributed by atoms with van der Waals surface area (Å²) in [6, 6.07) is 0.659. The number of nitrogens with zero attached hydrogens (tertiary/aromatic N) is 3. The summed E-state index contributed by atoms with van der Waals surface area (Å²) in [5, 5.41) is 0. The molecule has 0 aromatic carbocycles. The minimum Gasteiger partial charge on any atom is -0.332 e. The summed E-state index contributed by atoms with van der Waals surface area (Å²) in [5.41, 5.74) is 1.33. The lowest BCUT2D eigenvalue weighted by Gasteiger charge is -2.20. The molecule has 94 valence electrons. The van der Waals surface area contributed by atoms with Crippen molar-refractivity contribution in [1.29, 1.82) is 0 Å². The van der Waals surface area contributed by atoms with E-state index in [9.17, 15) is 0 Å². The lowest BCUT2D eigenvalue weighted by molar-refractivity contribution is 0.393. The van der Waals surface area contributed by atoms with Crippen molar-refractivity contribution in [2.45, 2.75) is 45.1 Å². The van der Waals surface area contributed by atoms with Crippen LogP contribution in [-0.2, 0) is 12.8 Å². The largest absolute Gasteiger partial charge is 0.332 e. The monoisotopic (exact) mass is 233 g/mol. The number of fused-ring (bicyclic) bond motifs is 1. The fourth-order valence-electron chi connectivity index (χ4n) is 3.34. The highest BCUT2D eigenvalue weighted by atomic mass is 15.1. The maximum atomic E-state index is 4.83. The van der Waals surface area contributed by atoms with Crippen molar-refractivity contribution in [2.24, 2.45) is 5.92 Å². The first-order chi connectivity index (χ1) is 8.22. The van der Waals surface area contributed by atoms with E-state index < -0.39 is 0 Å².